The minimum atomic E-state index is -0.441. The third kappa shape index (κ3) is 4.60. The van der Waals surface area contributed by atoms with E-state index in [1.54, 1.807) is 24.1 Å². The number of hydrogen-bond donors (Lipinski definition) is 1. The molecule has 1 N–H and O–H groups in total. The lowest BCUT2D eigenvalue weighted by Crippen LogP contribution is -2.35. The number of nitrogens with zero attached hydrogens (tertiary/aromatic N) is 2. The summed E-state index contributed by atoms with van der Waals surface area (Å²) in [5.74, 6) is -0.00545. The Labute approximate surface area is 120 Å². The summed E-state index contributed by atoms with van der Waals surface area (Å²) in [6, 6.07) is 4.90. The highest BCUT2D eigenvalue weighted by Crippen LogP contribution is 2.25. The molecule has 0 fully saturated rings. The van der Waals surface area contributed by atoms with Crippen LogP contribution in [0.2, 0.25) is 0 Å². The van der Waals surface area contributed by atoms with E-state index in [0.717, 1.165) is 5.56 Å². The van der Waals surface area contributed by atoms with Gasteiger partial charge in [0.25, 0.3) is 5.69 Å². The average molecular weight is 330 g/mol. The molecule has 0 unspecified atom stereocenters. The number of hydrogen-bond acceptors (Lipinski definition) is 4. The zero-order valence-electron chi connectivity index (χ0n) is 10.9. The molecule has 104 valence electrons. The van der Waals surface area contributed by atoms with Crippen molar-refractivity contribution in [2.24, 2.45) is 0 Å². The van der Waals surface area contributed by atoms with E-state index in [0.29, 0.717) is 17.6 Å². The van der Waals surface area contributed by atoms with E-state index in [9.17, 15) is 14.9 Å². The van der Waals surface area contributed by atoms with Crippen LogP contribution < -0.4 is 5.32 Å². The molecule has 6 nitrogen and oxygen atoms in total. The highest BCUT2D eigenvalue weighted by Gasteiger charge is 2.12. The van der Waals surface area contributed by atoms with Gasteiger partial charge in [0.2, 0.25) is 5.91 Å². The number of nitro groups is 1. The Hall–Kier alpha value is -1.47. The number of likely N-dealkylation sites (N-methyl/N-ethyl adjacent to an activating group) is 1. The van der Waals surface area contributed by atoms with Crippen LogP contribution in [0, 0.1) is 10.1 Å². The Morgan fingerprint density at radius 1 is 1.53 bits per heavy atom. The van der Waals surface area contributed by atoms with Gasteiger partial charge in [0.15, 0.2) is 0 Å². The third-order valence-electron chi connectivity index (χ3n) is 2.71. The minimum absolute atomic E-state index is 0.00545. The van der Waals surface area contributed by atoms with Crippen molar-refractivity contribution in [1.82, 2.24) is 10.2 Å². The van der Waals surface area contributed by atoms with Crippen molar-refractivity contribution in [2.45, 2.75) is 13.5 Å². The van der Waals surface area contributed by atoms with Crippen molar-refractivity contribution in [3.63, 3.8) is 0 Å². The number of halogens is 1. The standard InChI is InChI=1S/C12H16BrN3O3/c1-3-15(2)12(17)8-14-7-9-4-5-10(13)11(6-9)16(18)19/h4-6,14H,3,7-8H2,1-2H3. The quantitative estimate of drug-likeness (QED) is 0.639. The maximum absolute atomic E-state index is 11.5. The van der Waals surface area contributed by atoms with Crippen molar-refractivity contribution < 1.29 is 9.72 Å². The van der Waals surface area contributed by atoms with Crippen molar-refractivity contribution in [3.05, 3.63) is 38.3 Å². The van der Waals surface area contributed by atoms with E-state index in [1.165, 1.54) is 6.07 Å². The molecule has 0 radical (unpaired) electrons. The van der Waals surface area contributed by atoms with Gasteiger partial charge in [-0.25, -0.2) is 0 Å². The topological polar surface area (TPSA) is 75.5 Å². The predicted molar refractivity (Wildman–Crippen MR) is 75.8 cm³/mol. The van der Waals surface area contributed by atoms with Crippen molar-refractivity contribution in [2.75, 3.05) is 20.1 Å². The SMILES string of the molecule is CCN(C)C(=O)CNCc1ccc(Br)c([N+](=O)[O-])c1. The van der Waals surface area contributed by atoms with Crippen LogP contribution in [-0.2, 0) is 11.3 Å². The Bertz CT molecular complexity index is 479. The Kier molecular flexibility index (Phi) is 5.91. The molecule has 0 bridgehead atoms. The van der Waals surface area contributed by atoms with Gasteiger partial charge >= 0.3 is 0 Å². The van der Waals surface area contributed by atoms with Gasteiger partial charge in [0.05, 0.1) is 15.9 Å². The van der Waals surface area contributed by atoms with E-state index < -0.39 is 4.92 Å². The number of nitro benzene ring substituents is 1. The molecular weight excluding hydrogens is 314 g/mol. The molecular formula is C12H16BrN3O3. The molecule has 1 aromatic rings. The van der Waals surface area contributed by atoms with Crippen LogP contribution in [-0.4, -0.2) is 35.9 Å². The number of benzene rings is 1. The molecule has 0 saturated carbocycles. The van der Waals surface area contributed by atoms with Gasteiger partial charge in [0.1, 0.15) is 0 Å². The molecule has 0 aliphatic rings. The molecule has 0 aromatic heterocycles. The summed E-state index contributed by atoms with van der Waals surface area (Å²) in [7, 11) is 1.73. The monoisotopic (exact) mass is 329 g/mol. The molecule has 0 aliphatic heterocycles. The van der Waals surface area contributed by atoms with E-state index in [-0.39, 0.29) is 18.1 Å². The highest BCUT2D eigenvalue weighted by atomic mass is 79.9. The predicted octanol–water partition coefficient (Wildman–Crippen LogP) is 1.93. The van der Waals surface area contributed by atoms with Gasteiger partial charge in [-0.05, 0) is 34.5 Å². The second kappa shape index (κ2) is 7.20. The number of carbonyl (C=O) groups is 1. The molecule has 19 heavy (non-hydrogen) atoms. The summed E-state index contributed by atoms with van der Waals surface area (Å²) in [6.45, 7) is 3.19. The Balaban J connectivity index is 2.57. The van der Waals surface area contributed by atoms with E-state index >= 15 is 0 Å². The van der Waals surface area contributed by atoms with Crippen molar-refractivity contribution in [1.29, 1.82) is 0 Å². The summed E-state index contributed by atoms with van der Waals surface area (Å²) in [6.07, 6.45) is 0. The van der Waals surface area contributed by atoms with Crippen molar-refractivity contribution >= 4 is 27.5 Å². The first-order valence-corrected chi connectivity index (χ1v) is 6.62. The third-order valence-corrected chi connectivity index (χ3v) is 3.38. The fourth-order valence-electron chi connectivity index (χ4n) is 1.43. The lowest BCUT2D eigenvalue weighted by atomic mass is 10.2. The van der Waals surface area contributed by atoms with Crippen LogP contribution in [0.3, 0.4) is 0 Å². The van der Waals surface area contributed by atoms with Gasteiger partial charge in [0, 0.05) is 26.2 Å². The fraction of sp³-hybridized carbons (Fsp3) is 0.417. The summed E-state index contributed by atoms with van der Waals surface area (Å²) < 4.78 is 0.447. The normalized spacial score (nSPS) is 10.3. The largest absolute Gasteiger partial charge is 0.345 e. The molecule has 1 amide bonds. The van der Waals surface area contributed by atoms with Gasteiger partial charge in [-0.2, -0.15) is 0 Å². The number of rotatable bonds is 6. The molecule has 0 saturated heterocycles. The van der Waals surface area contributed by atoms with Crippen molar-refractivity contribution in [3.8, 4) is 0 Å². The van der Waals surface area contributed by atoms with Gasteiger partial charge in [-0.1, -0.05) is 6.07 Å². The zero-order valence-corrected chi connectivity index (χ0v) is 12.4. The Morgan fingerprint density at radius 2 is 2.21 bits per heavy atom. The maximum Gasteiger partial charge on any atom is 0.283 e. The first kappa shape index (κ1) is 15.6. The van der Waals surface area contributed by atoms with Crippen LogP contribution in [0.15, 0.2) is 22.7 Å². The van der Waals surface area contributed by atoms with Crippen LogP contribution in [0.1, 0.15) is 12.5 Å². The van der Waals surface area contributed by atoms with Crippen LogP contribution in [0.5, 0.6) is 0 Å². The number of amides is 1. The van der Waals surface area contributed by atoms with E-state index in [2.05, 4.69) is 21.2 Å². The Morgan fingerprint density at radius 3 is 2.79 bits per heavy atom. The zero-order chi connectivity index (χ0) is 14.4. The molecule has 0 spiro atoms. The average Bonchev–Trinajstić information content (AvgIpc) is 2.39. The van der Waals surface area contributed by atoms with Gasteiger partial charge < -0.3 is 10.2 Å². The van der Waals surface area contributed by atoms with Crippen LogP contribution >= 0.6 is 15.9 Å². The lowest BCUT2D eigenvalue weighted by Gasteiger charge is -2.14. The summed E-state index contributed by atoms with van der Waals surface area (Å²) in [5.41, 5.74) is 0.790. The minimum Gasteiger partial charge on any atom is -0.345 e. The summed E-state index contributed by atoms with van der Waals surface area (Å²) in [5, 5.41) is 13.8. The second-order valence-electron chi connectivity index (χ2n) is 4.05. The summed E-state index contributed by atoms with van der Waals surface area (Å²) >= 11 is 3.13. The molecule has 7 heteroatoms. The fourth-order valence-corrected chi connectivity index (χ4v) is 1.82. The van der Waals surface area contributed by atoms with E-state index in [4.69, 9.17) is 0 Å². The molecule has 1 rings (SSSR count). The smallest absolute Gasteiger partial charge is 0.283 e. The number of nitrogens with one attached hydrogen (secondary N) is 1. The molecule has 0 aliphatic carbocycles. The summed E-state index contributed by atoms with van der Waals surface area (Å²) in [4.78, 5) is 23.5. The van der Waals surface area contributed by atoms with Gasteiger partial charge in [-0.15, -0.1) is 0 Å². The second-order valence-corrected chi connectivity index (χ2v) is 4.91. The van der Waals surface area contributed by atoms with Gasteiger partial charge in [-0.3, -0.25) is 14.9 Å². The molecule has 0 heterocycles. The molecule has 0 atom stereocenters. The maximum atomic E-state index is 11.5. The molecule has 1 aromatic carbocycles. The number of carbonyl (C=O) groups excluding carboxylic acids is 1. The van der Waals surface area contributed by atoms with Crippen LogP contribution in [0.25, 0.3) is 0 Å². The van der Waals surface area contributed by atoms with Crippen LogP contribution in [0.4, 0.5) is 5.69 Å². The highest BCUT2D eigenvalue weighted by molar-refractivity contribution is 9.10. The lowest BCUT2D eigenvalue weighted by molar-refractivity contribution is -0.385. The first-order chi connectivity index (χ1) is 8.95. The van der Waals surface area contributed by atoms with E-state index in [1.807, 2.05) is 6.92 Å². The first-order valence-electron chi connectivity index (χ1n) is 5.83.